The first-order chi connectivity index (χ1) is 13.6. The van der Waals surface area contributed by atoms with Gasteiger partial charge in [-0.15, -0.1) is 0 Å². The number of hydrogen-bond donors (Lipinski definition) is 2. The third-order valence-electron chi connectivity index (χ3n) is 3.93. The second-order valence-electron chi connectivity index (χ2n) is 5.95. The van der Waals surface area contributed by atoms with Crippen LogP contribution in [0, 0.1) is 0 Å². The molecule has 28 heavy (non-hydrogen) atoms. The van der Waals surface area contributed by atoms with Crippen LogP contribution in [0.1, 0.15) is 29.3 Å². The highest BCUT2D eigenvalue weighted by Crippen LogP contribution is 2.16. The summed E-state index contributed by atoms with van der Waals surface area (Å²) >= 11 is 0. The summed E-state index contributed by atoms with van der Waals surface area (Å²) in [6, 6.07) is 14.3. The van der Waals surface area contributed by atoms with Crippen LogP contribution < -0.4 is 15.4 Å². The fourth-order valence-electron chi connectivity index (χ4n) is 2.47. The van der Waals surface area contributed by atoms with Gasteiger partial charge in [-0.05, 0) is 49.2 Å². The minimum atomic E-state index is -0.313. The first kappa shape index (κ1) is 21.2. The second kappa shape index (κ2) is 11.6. The van der Waals surface area contributed by atoms with Crippen LogP contribution >= 0.6 is 0 Å². The molecule has 0 unspecified atom stereocenters. The van der Waals surface area contributed by atoms with E-state index in [2.05, 4.69) is 10.6 Å². The number of para-hydroxylation sites is 1. The third kappa shape index (κ3) is 6.89. The highest BCUT2D eigenvalue weighted by Gasteiger charge is 2.11. The Morgan fingerprint density at radius 1 is 1.07 bits per heavy atom. The van der Waals surface area contributed by atoms with Crippen molar-refractivity contribution in [3.8, 4) is 5.75 Å². The maximum atomic E-state index is 12.4. The number of amides is 2. The van der Waals surface area contributed by atoms with Crippen LogP contribution in [0.25, 0.3) is 6.08 Å². The lowest BCUT2D eigenvalue weighted by Gasteiger charge is -2.10. The van der Waals surface area contributed by atoms with Gasteiger partial charge in [0.1, 0.15) is 5.75 Å². The number of carbonyl (C=O) groups is 2. The highest BCUT2D eigenvalue weighted by atomic mass is 16.5. The number of hydrogen-bond acceptors (Lipinski definition) is 4. The Hall–Kier alpha value is -3.12. The van der Waals surface area contributed by atoms with Gasteiger partial charge in [0.25, 0.3) is 5.91 Å². The van der Waals surface area contributed by atoms with Gasteiger partial charge in [-0.2, -0.15) is 0 Å². The molecule has 0 atom stereocenters. The van der Waals surface area contributed by atoms with E-state index in [1.54, 1.807) is 37.5 Å². The first-order valence-electron chi connectivity index (χ1n) is 9.22. The molecule has 0 spiro atoms. The predicted molar refractivity (Wildman–Crippen MR) is 111 cm³/mol. The molecular formula is C22H26N2O4. The van der Waals surface area contributed by atoms with Gasteiger partial charge in [0, 0.05) is 25.8 Å². The molecule has 0 aromatic heterocycles. The number of anilines is 1. The summed E-state index contributed by atoms with van der Waals surface area (Å²) in [4.78, 5) is 24.6. The summed E-state index contributed by atoms with van der Waals surface area (Å²) in [5.41, 5.74) is 1.76. The van der Waals surface area contributed by atoms with Crippen molar-refractivity contribution in [1.82, 2.24) is 5.32 Å². The van der Waals surface area contributed by atoms with Crippen molar-refractivity contribution in [1.29, 1.82) is 0 Å². The van der Waals surface area contributed by atoms with Gasteiger partial charge in [-0.1, -0.05) is 24.3 Å². The van der Waals surface area contributed by atoms with E-state index in [-0.39, 0.29) is 11.8 Å². The van der Waals surface area contributed by atoms with Gasteiger partial charge in [-0.25, -0.2) is 0 Å². The van der Waals surface area contributed by atoms with E-state index in [0.29, 0.717) is 31.0 Å². The van der Waals surface area contributed by atoms with Crippen molar-refractivity contribution >= 4 is 23.6 Å². The van der Waals surface area contributed by atoms with E-state index in [1.807, 2.05) is 31.2 Å². The minimum Gasteiger partial charge on any atom is -0.497 e. The molecule has 0 aliphatic carbocycles. The number of nitrogens with one attached hydrogen (secondary N) is 2. The van der Waals surface area contributed by atoms with E-state index in [1.165, 1.54) is 6.08 Å². The van der Waals surface area contributed by atoms with Crippen molar-refractivity contribution in [3.05, 3.63) is 65.7 Å². The molecule has 2 N–H and O–H groups in total. The Balaban J connectivity index is 1.94. The number of rotatable bonds is 10. The zero-order chi connectivity index (χ0) is 20.2. The zero-order valence-corrected chi connectivity index (χ0v) is 16.2. The molecule has 0 saturated heterocycles. The van der Waals surface area contributed by atoms with Gasteiger partial charge in [0.15, 0.2) is 0 Å². The SMILES string of the molecule is CCOCCCNC(=O)c1ccccc1NC(=O)/C=C/c1ccc(OC)cc1. The molecule has 0 fully saturated rings. The summed E-state index contributed by atoms with van der Waals surface area (Å²) in [6.45, 7) is 3.71. The molecule has 0 bridgehead atoms. The summed E-state index contributed by atoms with van der Waals surface area (Å²) in [5.74, 6) is 0.210. The molecule has 148 valence electrons. The Bertz CT molecular complexity index is 800. The number of ether oxygens (including phenoxy) is 2. The number of carbonyl (C=O) groups excluding carboxylic acids is 2. The van der Waals surface area contributed by atoms with Crippen molar-refractivity contribution in [2.75, 3.05) is 32.2 Å². The maximum Gasteiger partial charge on any atom is 0.253 e. The van der Waals surface area contributed by atoms with E-state index >= 15 is 0 Å². The lowest BCUT2D eigenvalue weighted by atomic mass is 10.1. The van der Waals surface area contributed by atoms with Gasteiger partial charge >= 0.3 is 0 Å². The van der Waals surface area contributed by atoms with Crippen LogP contribution in [0.5, 0.6) is 5.75 Å². The topological polar surface area (TPSA) is 76.7 Å². The predicted octanol–water partition coefficient (Wildman–Crippen LogP) is 3.50. The summed E-state index contributed by atoms with van der Waals surface area (Å²) in [5, 5.41) is 5.60. The molecule has 2 aromatic carbocycles. The monoisotopic (exact) mass is 382 g/mol. The molecule has 2 aromatic rings. The average Bonchev–Trinajstić information content (AvgIpc) is 2.72. The zero-order valence-electron chi connectivity index (χ0n) is 16.2. The highest BCUT2D eigenvalue weighted by molar-refractivity contribution is 6.07. The summed E-state index contributed by atoms with van der Waals surface area (Å²) < 4.78 is 10.4. The molecule has 6 nitrogen and oxygen atoms in total. The van der Waals surface area contributed by atoms with E-state index in [4.69, 9.17) is 9.47 Å². The number of methoxy groups -OCH3 is 1. The van der Waals surface area contributed by atoms with Crippen molar-refractivity contribution < 1.29 is 19.1 Å². The molecule has 0 radical (unpaired) electrons. The molecule has 2 amide bonds. The average molecular weight is 382 g/mol. The van der Waals surface area contributed by atoms with Gasteiger partial charge in [0.05, 0.1) is 18.4 Å². The minimum absolute atomic E-state index is 0.230. The molecular weight excluding hydrogens is 356 g/mol. The van der Waals surface area contributed by atoms with E-state index < -0.39 is 0 Å². The Kier molecular flexibility index (Phi) is 8.75. The first-order valence-corrected chi connectivity index (χ1v) is 9.22. The normalized spacial score (nSPS) is 10.6. The maximum absolute atomic E-state index is 12.4. The van der Waals surface area contributed by atoms with Crippen LogP contribution in [-0.2, 0) is 9.53 Å². The fourth-order valence-corrected chi connectivity index (χ4v) is 2.47. The van der Waals surface area contributed by atoms with Crippen molar-refractivity contribution in [2.45, 2.75) is 13.3 Å². The second-order valence-corrected chi connectivity index (χ2v) is 5.95. The fraction of sp³-hybridized carbons (Fsp3) is 0.273. The third-order valence-corrected chi connectivity index (χ3v) is 3.93. The molecule has 0 aliphatic heterocycles. The molecule has 0 saturated carbocycles. The smallest absolute Gasteiger partial charge is 0.253 e. The number of benzene rings is 2. The van der Waals surface area contributed by atoms with Gasteiger partial charge < -0.3 is 20.1 Å². The van der Waals surface area contributed by atoms with E-state index in [9.17, 15) is 9.59 Å². The van der Waals surface area contributed by atoms with Crippen LogP contribution in [0.15, 0.2) is 54.6 Å². The van der Waals surface area contributed by atoms with Gasteiger partial charge in [0.2, 0.25) is 5.91 Å². The van der Waals surface area contributed by atoms with Crippen LogP contribution in [-0.4, -0.2) is 38.7 Å². The largest absolute Gasteiger partial charge is 0.497 e. The standard InChI is InChI=1S/C22H26N2O4/c1-3-28-16-6-15-23-22(26)19-7-4-5-8-20(19)24-21(25)14-11-17-9-12-18(27-2)13-10-17/h4-5,7-14H,3,6,15-16H2,1-2H3,(H,23,26)(H,24,25)/b14-11+. The van der Waals surface area contributed by atoms with Gasteiger partial charge in [-0.3, -0.25) is 9.59 Å². The molecule has 6 heteroatoms. The van der Waals surface area contributed by atoms with Crippen LogP contribution in [0.2, 0.25) is 0 Å². The van der Waals surface area contributed by atoms with E-state index in [0.717, 1.165) is 17.7 Å². The van der Waals surface area contributed by atoms with Crippen LogP contribution in [0.3, 0.4) is 0 Å². The summed E-state index contributed by atoms with van der Waals surface area (Å²) in [7, 11) is 1.60. The Morgan fingerprint density at radius 2 is 1.82 bits per heavy atom. The lowest BCUT2D eigenvalue weighted by Crippen LogP contribution is -2.26. The Labute approximate surface area is 165 Å². The molecule has 0 aliphatic rings. The summed E-state index contributed by atoms with van der Waals surface area (Å²) in [6.07, 6.45) is 3.86. The van der Waals surface area contributed by atoms with Crippen LogP contribution in [0.4, 0.5) is 5.69 Å². The van der Waals surface area contributed by atoms with Crippen molar-refractivity contribution in [2.24, 2.45) is 0 Å². The molecule has 2 rings (SSSR count). The van der Waals surface area contributed by atoms with Crippen molar-refractivity contribution in [3.63, 3.8) is 0 Å². The quantitative estimate of drug-likeness (QED) is 0.487. The Morgan fingerprint density at radius 3 is 2.54 bits per heavy atom. The molecule has 0 heterocycles. The lowest BCUT2D eigenvalue weighted by molar-refractivity contribution is -0.111.